The lowest BCUT2D eigenvalue weighted by atomic mass is 9.83. The van der Waals surface area contributed by atoms with Crippen LogP contribution in [0.4, 0.5) is 17.5 Å². The first-order chi connectivity index (χ1) is 14.8. The Balaban J connectivity index is 1.70. The molecule has 4 rings (SSSR count). The average Bonchev–Trinajstić information content (AvgIpc) is 3.26. The molecule has 1 aromatic carbocycles. The van der Waals surface area contributed by atoms with Gasteiger partial charge in [0.2, 0.25) is 5.95 Å². The average molecular weight is 418 g/mol. The molecule has 160 valence electrons. The van der Waals surface area contributed by atoms with Gasteiger partial charge in [-0.15, -0.1) is 0 Å². The van der Waals surface area contributed by atoms with E-state index < -0.39 is 5.41 Å². The first kappa shape index (κ1) is 20.8. The molecule has 3 aromatic rings. The third-order valence-electron chi connectivity index (χ3n) is 5.54. The van der Waals surface area contributed by atoms with E-state index in [1.54, 1.807) is 6.20 Å². The molecule has 0 fully saturated rings. The summed E-state index contributed by atoms with van der Waals surface area (Å²) in [5.74, 6) is 1.76. The van der Waals surface area contributed by atoms with Crippen LogP contribution in [0.25, 0.3) is 11.3 Å². The monoisotopic (exact) mass is 417 g/mol. The number of aliphatic hydroxyl groups is 1. The van der Waals surface area contributed by atoms with E-state index in [1.165, 1.54) is 0 Å². The number of rotatable bonds is 6. The van der Waals surface area contributed by atoms with Crippen LogP contribution in [0.2, 0.25) is 0 Å². The van der Waals surface area contributed by atoms with Crippen LogP contribution in [0.3, 0.4) is 0 Å². The highest BCUT2D eigenvalue weighted by Gasteiger charge is 2.35. The number of aromatic nitrogens is 4. The number of nitrogens with one attached hydrogen (secondary N) is 2. The number of nitriles is 1. The third-order valence-corrected chi connectivity index (χ3v) is 5.54. The second kappa shape index (κ2) is 8.00. The second-order valence-electron chi connectivity index (χ2n) is 8.77. The van der Waals surface area contributed by atoms with Crippen molar-refractivity contribution < 1.29 is 5.11 Å². The van der Waals surface area contributed by atoms with Crippen molar-refractivity contribution in [2.45, 2.75) is 39.7 Å². The highest BCUT2D eigenvalue weighted by atomic mass is 16.3. The highest BCUT2D eigenvalue weighted by Crippen LogP contribution is 2.41. The zero-order valence-electron chi connectivity index (χ0n) is 18.3. The maximum absolute atomic E-state index is 9.93. The summed E-state index contributed by atoms with van der Waals surface area (Å²) in [5.41, 5.74) is 4.28. The maximum atomic E-state index is 9.93. The molecule has 0 spiro atoms. The molecule has 1 aliphatic heterocycles. The zero-order chi connectivity index (χ0) is 22.2. The lowest BCUT2D eigenvalue weighted by Gasteiger charge is -2.21. The Labute approximate surface area is 182 Å². The van der Waals surface area contributed by atoms with Crippen molar-refractivity contribution in [3.63, 3.8) is 0 Å². The summed E-state index contributed by atoms with van der Waals surface area (Å²) >= 11 is 0. The zero-order valence-corrected chi connectivity index (χ0v) is 18.3. The van der Waals surface area contributed by atoms with E-state index in [4.69, 9.17) is 0 Å². The molecule has 0 saturated carbocycles. The Morgan fingerprint density at radius 2 is 2.16 bits per heavy atom. The van der Waals surface area contributed by atoms with Crippen LogP contribution in [0.5, 0.6) is 0 Å². The molecule has 1 unspecified atom stereocenters. The van der Waals surface area contributed by atoms with Crippen LogP contribution in [-0.2, 0) is 12.0 Å². The summed E-state index contributed by atoms with van der Waals surface area (Å²) in [5, 5.41) is 30.7. The molecule has 2 aromatic heterocycles. The van der Waals surface area contributed by atoms with Gasteiger partial charge < -0.3 is 15.7 Å². The molecule has 8 heteroatoms. The molecule has 1 aliphatic rings. The standard InChI is InChI=1S/C23H27N7O/c1-14(2)11-30-20(7-15(3)29-30)28-22-25-6-5-19(27-22)16-8-17(10-24)21-18(9-16)23(4,13-31)12-26-21/h5-9,14,26,31H,11-13H2,1-4H3,(H,25,27,28). The first-order valence-corrected chi connectivity index (χ1v) is 10.4. The number of aryl methyl sites for hydroxylation is 1. The molecule has 8 nitrogen and oxygen atoms in total. The number of anilines is 3. The van der Waals surface area contributed by atoms with Crippen molar-refractivity contribution in [1.29, 1.82) is 5.26 Å². The molecule has 3 N–H and O–H groups in total. The van der Waals surface area contributed by atoms with Gasteiger partial charge in [0.1, 0.15) is 11.9 Å². The van der Waals surface area contributed by atoms with Gasteiger partial charge in [-0.2, -0.15) is 10.4 Å². The quantitative estimate of drug-likeness (QED) is 0.562. The smallest absolute Gasteiger partial charge is 0.228 e. The van der Waals surface area contributed by atoms with Crippen molar-refractivity contribution in [3.8, 4) is 17.3 Å². The largest absolute Gasteiger partial charge is 0.395 e. The summed E-state index contributed by atoms with van der Waals surface area (Å²) < 4.78 is 1.93. The SMILES string of the molecule is Cc1cc(Nc2nccc(-c3cc(C#N)c4c(c3)C(C)(CO)CN4)n2)n(CC(C)C)n1. The van der Waals surface area contributed by atoms with Crippen LogP contribution in [0.1, 0.15) is 37.6 Å². The van der Waals surface area contributed by atoms with E-state index in [0.717, 1.165) is 34.9 Å². The predicted molar refractivity (Wildman–Crippen MR) is 120 cm³/mol. The lowest BCUT2D eigenvalue weighted by molar-refractivity contribution is 0.219. The minimum atomic E-state index is -0.439. The van der Waals surface area contributed by atoms with Crippen LogP contribution in [0, 0.1) is 24.2 Å². The van der Waals surface area contributed by atoms with Crippen LogP contribution >= 0.6 is 0 Å². The van der Waals surface area contributed by atoms with Gasteiger partial charge >= 0.3 is 0 Å². The molecular formula is C23H27N7O. The number of hydrogen-bond acceptors (Lipinski definition) is 7. The minimum absolute atomic E-state index is 0.00288. The van der Waals surface area contributed by atoms with Gasteiger partial charge in [0, 0.05) is 36.3 Å². The third kappa shape index (κ3) is 3.97. The summed E-state index contributed by atoms with van der Waals surface area (Å²) in [6.45, 7) is 9.62. The molecule has 0 radical (unpaired) electrons. The Morgan fingerprint density at radius 1 is 1.35 bits per heavy atom. The van der Waals surface area contributed by atoms with E-state index in [1.807, 2.05) is 42.8 Å². The fourth-order valence-corrected chi connectivity index (χ4v) is 3.89. The van der Waals surface area contributed by atoms with E-state index in [-0.39, 0.29) is 6.61 Å². The van der Waals surface area contributed by atoms with Gasteiger partial charge in [0.25, 0.3) is 0 Å². The summed E-state index contributed by atoms with van der Waals surface area (Å²) in [4.78, 5) is 9.06. The molecular weight excluding hydrogens is 390 g/mol. The molecule has 3 heterocycles. The minimum Gasteiger partial charge on any atom is -0.395 e. The van der Waals surface area contributed by atoms with E-state index in [0.29, 0.717) is 29.7 Å². The molecule has 0 bridgehead atoms. The van der Waals surface area contributed by atoms with Crippen LogP contribution in [0.15, 0.2) is 30.5 Å². The van der Waals surface area contributed by atoms with Crippen LogP contribution in [-0.4, -0.2) is 38.0 Å². The van der Waals surface area contributed by atoms with Gasteiger partial charge in [-0.25, -0.2) is 14.6 Å². The van der Waals surface area contributed by atoms with Gasteiger partial charge in [-0.3, -0.25) is 0 Å². The Hall–Kier alpha value is -3.44. The number of aliphatic hydroxyl groups excluding tert-OH is 1. The first-order valence-electron chi connectivity index (χ1n) is 10.4. The molecule has 0 aliphatic carbocycles. The number of fused-ring (bicyclic) bond motifs is 1. The number of nitrogens with zero attached hydrogens (tertiary/aromatic N) is 5. The van der Waals surface area contributed by atoms with Gasteiger partial charge in [-0.05, 0) is 36.6 Å². The van der Waals surface area contributed by atoms with Gasteiger partial charge in [-0.1, -0.05) is 20.8 Å². The second-order valence-corrected chi connectivity index (χ2v) is 8.77. The summed E-state index contributed by atoms with van der Waals surface area (Å²) in [6.07, 6.45) is 1.70. The highest BCUT2D eigenvalue weighted by molar-refractivity contribution is 5.76. The fraction of sp³-hybridized carbons (Fsp3) is 0.391. The molecule has 0 saturated heterocycles. The predicted octanol–water partition coefficient (Wildman–Crippen LogP) is 3.60. The van der Waals surface area contributed by atoms with Gasteiger partial charge in [0.05, 0.1) is 29.2 Å². The maximum Gasteiger partial charge on any atom is 0.228 e. The normalized spacial score (nSPS) is 17.3. The molecule has 1 atom stereocenters. The molecule has 31 heavy (non-hydrogen) atoms. The van der Waals surface area contributed by atoms with E-state index >= 15 is 0 Å². The lowest BCUT2D eigenvalue weighted by Crippen LogP contribution is -2.28. The van der Waals surface area contributed by atoms with Gasteiger partial charge in [0.15, 0.2) is 0 Å². The molecule has 0 amide bonds. The van der Waals surface area contributed by atoms with Crippen molar-refractivity contribution in [1.82, 2.24) is 19.7 Å². The fourth-order valence-electron chi connectivity index (χ4n) is 3.89. The Kier molecular flexibility index (Phi) is 5.38. The Bertz CT molecular complexity index is 1160. The summed E-state index contributed by atoms with van der Waals surface area (Å²) in [6, 6.07) is 9.90. The van der Waals surface area contributed by atoms with Crippen molar-refractivity contribution in [2.24, 2.45) is 5.92 Å². The number of hydrogen-bond donors (Lipinski definition) is 3. The van der Waals surface area contributed by atoms with Crippen molar-refractivity contribution >= 4 is 17.5 Å². The van der Waals surface area contributed by atoms with E-state index in [9.17, 15) is 10.4 Å². The van der Waals surface area contributed by atoms with Crippen molar-refractivity contribution in [2.75, 3.05) is 23.8 Å². The summed E-state index contributed by atoms with van der Waals surface area (Å²) in [7, 11) is 0. The Morgan fingerprint density at radius 3 is 2.87 bits per heavy atom. The van der Waals surface area contributed by atoms with E-state index in [2.05, 4.69) is 45.6 Å². The van der Waals surface area contributed by atoms with Crippen molar-refractivity contribution in [3.05, 3.63) is 47.3 Å². The topological polar surface area (TPSA) is 112 Å². The number of benzene rings is 1. The van der Waals surface area contributed by atoms with Crippen LogP contribution < -0.4 is 10.6 Å².